The van der Waals surface area contributed by atoms with Crippen molar-refractivity contribution in [2.24, 2.45) is 11.1 Å². The summed E-state index contributed by atoms with van der Waals surface area (Å²) in [5.74, 6) is 0.175. The summed E-state index contributed by atoms with van der Waals surface area (Å²) in [6.45, 7) is 2.14. The summed E-state index contributed by atoms with van der Waals surface area (Å²) in [7, 11) is 0. The van der Waals surface area contributed by atoms with Gasteiger partial charge in [-0.25, -0.2) is 0 Å². The molecule has 2 heteroatoms. The van der Waals surface area contributed by atoms with Crippen LogP contribution in [0.1, 0.15) is 44.1 Å². The third-order valence-electron chi connectivity index (χ3n) is 4.01. The number of benzene rings is 1. The van der Waals surface area contributed by atoms with Crippen molar-refractivity contribution in [1.82, 2.24) is 0 Å². The minimum absolute atomic E-state index is 0.116. The van der Waals surface area contributed by atoms with E-state index in [2.05, 4.69) is 19.1 Å². The zero-order valence-electron chi connectivity index (χ0n) is 9.78. The summed E-state index contributed by atoms with van der Waals surface area (Å²) in [6.07, 6.45) is 4.02. The molecule has 1 saturated carbocycles. The van der Waals surface area contributed by atoms with Crippen LogP contribution in [-0.2, 0) is 4.79 Å². The normalized spacial score (nSPS) is 19.8. The molecule has 1 fully saturated rings. The first-order valence-electron chi connectivity index (χ1n) is 6.05. The first-order valence-corrected chi connectivity index (χ1v) is 6.05. The first-order chi connectivity index (χ1) is 7.70. The smallest absolute Gasteiger partial charge is 0.224 e. The highest BCUT2D eigenvalue weighted by Crippen LogP contribution is 2.52. The molecule has 0 aromatic heterocycles. The topological polar surface area (TPSA) is 43.1 Å². The number of hydrogen-bond acceptors (Lipinski definition) is 1. The quantitative estimate of drug-likeness (QED) is 0.828. The zero-order valence-corrected chi connectivity index (χ0v) is 9.78. The molecule has 0 radical (unpaired) electrons. The maximum absolute atomic E-state index is 11.7. The van der Waals surface area contributed by atoms with E-state index in [0.29, 0.717) is 5.92 Å². The third-order valence-corrected chi connectivity index (χ3v) is 4.01. The Balaban J connectivity index is 2.32. The molecule has 1 aromatic carbocycles. The van der Waals surface area contributed by atoms with E-state index < -0.39 is 0 Å². The van der Waals surface area contributed by atoms with Crippen LogP contribution >= 0.6 is 0 Å². The van der Waals surface area contributed by atoms with Crippen LogP contribution in [0.4, 0.5) is 0 Å². The molecule has 1 atom stereocenters. The zero-order chi connectivity index (χ0) is 11.6. The molecule has 16 heavy (non-hydrogen) atoms. The molecule has 0 aliphatic heterocycles. The number of carbonyl (C=O) groups excluding carboxylic acids is 1. The van der Waals surface area contributed by atoms with Gasteiger partial charge >= 0.3 is 0 Å². The highest BCUT2D eigenvalue weighted by Gasteiger charge is 2.48. The van der Waals surface area contributed by atoms with Crippen LogP contribution in [0.5, 0.6) is 0 Å². The van der Waals surface area contributed by atoms with Gasteiger partial charge in [-0.3, -0.25) is 4.79 Å². The second-order valence-corrected chi connectivity index (χ2v) is 4.75. The van der Waals surface area contributed by atoms with Crippen molar-refractivity contribution in [2.75, 3.05) is 0 Å². The summed E-state index contributed by atoms with van der Waals surface area (Å²) < 4.78 is 0. The molecular formula is C14H19NO. The molecule has 86 valence electrons. The van der Waals surface area contributed by atoms with Crippen molar-refractivity contribution in [1.29, 1.82) is 0 Å². The van der Waals surface area contributed by atoms with Gasteiger partial charge in [0.25, 0.3) is 0 Å². The van der Waals surface area contributed by atoms with Gasteiger partial charge in [0.2, 0.25) is 5.91 Å². The van der Waals surface area contributed by atoms with Gasteiger partial charge in [0, 0.05) is 0 Å². The molecule has 1 unspecified atom stereocenters. The predicted molar refractivity (Wildman–Crippen MR) is 65.0 cm³/mol. The molecule has 0 heterocycles. The lowest BCUT2D eigenvalue weighted by Gasteiger charge is -2.45. The molecule has 1 aliphatic carbocycles. The lowest BCUT2D eigenvalue weighted by Crippen LogP contribution is -2.47. The van der Waals surface area contributed by atoms with E-state index in [4.69, 9.17) is 5.73 Å². The summed E-state index contributed by atoms with van der Waals surface area (Å²) in [5, 5.41) is 0. The first kappa shape index (κ1) is 11.2. The van der Waals surface area contributed by atoms with Crippen LogP contribution in [-0.4, -0.2) is 5.91 Å². The largest absolute Gasteiger partial charge is 0.369 e. The fourth-order valence-corrected chi connectivity index (χ4v) is 2.96. The van der Waals surface area contributed by atoms with Gasteiger partial charge < -0.3 is 5.73 Å². The summed E-state index contributed by atoms with van der Waals surface area (Å²) in [4.78, 5) is 11.7. The van der Waals surface area contributed by atoms with E-state index in [1.54, 1.807) is 0 Å². The van der Waals surface area contributed by atoms with Gasteiger partial charge in [0.15, 0.2) is 0 Å². The minimum Gasteiger partial charge on any atom is -0.369 e. The fraction of sp³-hybridized carbons (Fsp3) is 0.500. The predicted octanol–water partition coefficient (Wildman–Crippen LogP) is 2.84. The maximum Gasteiger partial charge on any atom is 0.224 e. The van der Waals surface area contributed by atoms with Crippen LogP contribution in [0.2, 0.25) is 0 Å². The minimum atomic E-state index is -0.268. The van der Waals surface area contributed by atoms with Gasteiger partial charge in [-0.2, -0.15) is 0 Å². The van der Waals surface area contributed by atoms with Crippen LogP contribution in [0, 0.1) is 5.41 Å². The molecular weight excluding hydrogens is 198 g/mol. The second-order valence-electron chi connectivity index (χ2n) is 4.75. The van der Waals surface area contributed by atoms with Crippen molar-refractivity contribution in [3.8, 4) is 0 Å². The Morgan fingerprint density at radius 1 is 1.38 bits per heavy atom. The average Bonchev–Trinajstić information content (AvgIpc) is 2.23. The van der Waals surface area contributed by atoms with E-state index in [1.165, 1.54) is 5.56 Å². The monoisotopic (exact) mass is 217 g/mol. The van der Waals surface area contributed by atoms with Crippen LogP contribution < -0.4 is 5.73 Å². The molecule has 1 aliphatic rings. The summed E-state index contributed by atoms with van der Waals surface area (Å²) in [5.41, 5.74) is 6.59. The number of nitrogens with two attached hydrogens (primary N) is 1. The Morgan fingerprint density at radius 2 is 2.00 bits per heavy atom. The third kappa shape index (κ3) is 1.62. The van der Waals surface area contributed by atoms with Crippen molar-refractivity contribution >= 4 is 5.91 Å². The van der Waals surface area contributed by atoms with Crippen molar-refractivity contribution < 1.29 is 4.79 Å². The van der Waals surface area contributed by atoms with E-state index in [-0.39, 0.29) is 11.3 Å². The Hall–Kier alpha value is -1.31. The lowest BCUT2D eigenvalue weighted by atomic mass is 9.58. The Bertz CT molecular complexity index is 368. The number of carbonyl (C=O) groups is 1. The van der Waals surface area contributed by atoms with E-state index in [0.717, 1.165) is 25.7 Å². The van der Waals surface area contributed by atoms with Gasteiger partial charge in [-0.05, 0) is 30.7 Å². The van der Waals surface area contributed by atoms with Gasteiger partial charge in [0.1, 0.15) is 0 Å². The molecule has 2 rings (SSSR count). The molecule has 1 aromatic rings. The highest BCUT2D eigenvalue weighted by molar-refractivity contribution is 5.83. The number of primary amides is 1. The average molecular weight is 217 g/mol. The highest BCUT2D eigenvalue weighted by atomic mass is 16.1. The SMILES string of the molecule is CCC(c1ccccc1)C1(C(N)=O)CCC1. The molecule has 0 bridgehead atoms. The second kappa shape index (κ2) is 4.28. The standard InChI is InChI=1S/C14H19NO/c1-2-12(11-7-4-3-5-8-11)14(13(15)16)9-6-10-14/h3-5,7-8,12H,2,6,9-10H2,1H3,(H2,15,16). The number of amides is 1. The molecule has 2 N–H and O–H groups in total. The Morgan fingerprint density at radius 3 is 2.38 bits per heavy atom. The molecule has 2 nitrogen and oxygen atoms in total. The van der Waals surface area contributed by atoms with E-state index in [9.17, 15) is 4.79 Å². The van der Waals surface area contributed by atoms with E-state index >= 15 is 0 Å². The van der Waals surface area contributed by atoms with Crippen LogP contribution in [0.15, 0.2) is 30.3 Å². The fourth-order valence-electron chi connectivity index (χ4n) is 2.96. The van der Waals surface area contributed by atoms with Crippen molar-refractivity contribution in [3.63, 3.8) is 0 Å². The molecule has 0 spiro atoms. The Kier molecular flexibility index (Phi) is 2.99. The summed E-state index contributed by atoms with van der Waals surface area (Å²) >= 11 is 0. The van der Waals surface area contributed by atoms with Crippen LogP contribution in [0.25, 0.3) is 0 Å². The Labute approximate surface area is 96.8 Å². The lowest BCUT2D eigenvalue weighted by molar-refractivity contribution is -0.134. The van der Waals surface area contributed by atoms with Gasteiger partial charge in [-0.1, -0.05) is 43.7 Å². The van der Waals surface area contributed by atoms with Crippen molar-refractivity contribution in [3.05, 3.63) is 35.9 Å². The van der Waals surface area contributed by atoms with Crippen LogP contribution in [0.3, 0.4) is 0 Å². The van der Waals surface area contributed by atoms with E-state index in [1.807, 2.05) is 18.2 Å². The van der Waals surface area contributed by atoms with Gasteiger partial charge in [-0.15, -0.1) is 0 Å². The molecule has 0 saturated heterocycles. The maximum atomic E-state index is 11.7. The number of hydrogen-bond donors (Lipinski definition) is 1. The van der Waals surface area contributed by atoms with Gasteiger partial charge in [0.05, 0.1) is 5.41 Å². The molecule has 1 amide bonds. The number of rotatable bonds is 4. The van der Waals surface area contributed by atoms with Crippen molar-refractivity contribution in [2.45, 2.75) is 38.5 Å². The summed E-state index contributed by atoms with van der Waals surface area (Å²) in [6, 6.07) is 10.3.